The van der Waals surface area contributed by atoms with Crippen molar-refractivity contribution < 1.29 is 14.7 Å². The van der Waals surface area contributed by atoms with Crippen molar-refractivity contribution in [1.82, 2.24) is 0 Å². The number of hydrogen-bond acceptors (Lipinski definition) is 4. The van der Waals surface area contributed by atoms with E-state index in [0.717, 1.165) is 16.7 Å². The fraction of sp³-hybridized carbons (Fsp3) is 0.235. The van der Waals surface area contributed by atoms with Gasteiger partial charge in [0.2, 0.25) is 5.91 Å². The molecule has 1 fully saturated rings. The lowest BCUT2D eigenvalue weighted by Crippen LogP contribution is -2.16. The lowest BCUT2D eigenvalue weighted by Gasteiger charge is -2.04. The van der Waals surface area contributed by atoms with Crippen LogP contribution in [0.1, 0.15) is 17.5 Å². The van der Waals surface area contributed by atoms with E-state index in [1.165, 1.54) is 11.3 Å². The largest absolute Gasteiger partial charge is 0.481 e. The van der Waals surface area contributed by atoms with Crippen LogP contribution in [0, 0.1) is 30.1 Å². The second-order valence-electron chi connectivity index (χ2n) is 5.61. The molecule has 0 saturated heterocycles. The average molecular weight is 326 g/mol. The number of hydrogen-bond donors (Lipinski definition) is 2. The van der Waals surface area contributed by atoms with Crippen LogP contribution in [-0.4, -0.2) is 17.0 Å². The first-order chi connectivity index (χ1) is 11.0. The number of nitrogens with zero attached hydrogens (tertiary/aromatic N) is 1. The van der Waals surface area contributed by atoms with Crippen LogP contribution in [0.15, 0.2) is 29.6 Å². The normalized spacial score (nSPS) is 19.0. The lowest BCUT2D eigenvalue weighted by atomic mass is 10.0. The summed E-state index contributed by atoms with van der Waals surface area (Å²) in [6.07, 6.45) is 0.360. The molecule has 1 amide bonds. The van der Waals surface area contributed by atoms with Crippen LogP contribution in [-0.2, 0) is 9.59 Å². The van der Waals surface area contributed by atoms with E-state index in [2.05, 4.69) is 11.4 Å². The number of aryl methyl sites for hydroxylation is 1. The van der Waals surface area contributed by atoms with Gasteiger partial charge in [0.15, 0.2) is 0 Å². The molecule has 1 aromatic heterocycles. The van der Waals surface area contributed by atoms with Gasteiger partial charge < -0.3 is 10.4 Å². The minimum absolute atomic E-state index is 0.328. The number of carboxylic acid groups (broad SMARTS) is 1. The number of nitrogens with one attached hydrogen (secondary N) is 1. The van der Waals surface area contributed by atoms with E-state index in [4.69, 9.17) is 5.11 Å². The van der Waals surface area contributed by atoms with Gasteiger partial charge in [-0.1, -0.05) is 29.8 Å². The molecule has 116 valence electrons. The van der Waals surface area contributed by atoms with Gasteiger partial charge in [0.05, 0.1) is 17.4 Å². The van der Waals surface area contributed by atoms with Crippen molar-refractivity contribution in [2.45, 2.75) is 13.3 Å². The van der Waals surface area contributed by atoms with E-state index in [-0.39, 0.29) is 5.91 Å². The molecule has 6 heteroatoms. The van der Waals surface area contributed by atoms with Crippen LogP contribution in [0.3, 0.4) is 0 Å². The standard InChI is InChI=1S/C17H14N2O3S/c1-9-2-4-10(5-3-9)14-8-23-16(13(14)7-18)19-15(20)11-6-12(11)17(21)22/h2-5,8,11-12H,6H2,1H3,(H,19,20)(H,21,22). The molecule has 1 aromatic carbocycles. The summed E-state index contributed by atoms with van der Waals surface area (Å²) >= 11 is 1.28. The number of carbonyl (C=O) groups excluding carboxylic acids is 1. The topological polar surface area (TPSA) is 90.2 Å². The van der Waals surface area contributed by atoms with Crippen molar-refractivity contribution in [3.05, 3.63) is 40.8 Å². The fourth-order valence-electron chi connectivity index (χ4n) is 2.47. The molecule has 23 heavy (non-hydrogen) atoms. The molecule has 2 unspecified atom stereocenters. The van der Waals surface area contributed by atoms with Crippen LogP contribution < -0.4 is 5.32 Å². The molecule has 0 radical (unpaired) electrons. The fourth-order valence-corrected chi connectivity index (χ4v) is 3.39. The lowest BCUT2D eigenvalue weighted by molar-refractivity contribution is -0.139. The molecule has 2 N–H and O–H groups in total. The Morgan fingerprint density at radius 1 is 1.30 bits per heavy atom. The Balaban J connectivity index is 1.82. The number of anilines is 1. The summed E-state index contributed by atoms with van der Waals surface area (Å²) in [5.41, 5.74) is 3.24. The maximum absolute atomic E-state index is 12.1. The summed E-state index contributed by atoms with van der Waals surface area (Å²) in [6, 6.07) is 9.94. The van der Waals surface area contributed by atoms with Gasteiger partial charge in [-0.2, -0.15) is 5.26 Å². The molecule has 5 nitrogen and oxygen atoms in total. The molecule has 2 atom stereocenters. The Morgan fingerprint density at radius 2 is 2.00 bits per heavy atom. The molecule has 1 aliphatic rings. The smallest absolute Gasteiger partial charge is 0.307 e. The van der Waals surface area contributed by atoms with E-state index >= 15 is 0 Å². The van der Waals surface area contributed by atoms with E-state index in [9.17, 15) is 14.9 Å². The Bertz CT molecular complexity index is 817. The van der Waals surface area contributed by atoms with Gasteiger partial charge in [-0.05, 0) is 18.9 Å². The van der Waals surface area contributed by atoms with Gasteiger partial charge >= 0.3 is 5.97 Å². The first-order valence-corrected chi connectivity index (χ1v) is 8.01. The molecule has 2 aromatic rings. The van der Waals surface area contributed by atoms with Crippen LogP contribution in [0.4, 0.5) is 5.00 Å². The highest BCUT2D eigenvalue weighted by Crippen LogP contribution is 2.41. The third-order valence-corrected chi connectivity index (χ3v) is 4.84. The molecule has 1 saturated carbocycles. The van der Waals surface area contributed by atoms with Gasteiger partial charge in [0, 0.05) is 10.9 Å². The summed E-state index contributed by atoms with van der Waals surface area (Å²) in [5, 5.41) is 23.3. The Kier molecular flexibility index (Phi) is 3.89. The summed E-state index contributed by atoms with van der Waals surface area (Å²) in [6.45, 7) is 1.99. The number of benzene rings is 1. The minimum atomic E-state index is -0.947. The molecule has 1 heterocycles. The predicted octanol–water partition coefficient (Wildman–Crippen LogP) is 3.25. The molecule has 3 rings (SSSR count). The van der Waals surface area contributed by atoms with E-state index < -0.39 is 17.8 Å². The van der Waals surface area contributed by atoms with Crippen LogP contribution >= 0.6 is 11.3 Å². The second kappa shape index (κ2) is 5.86. The molecular formula is C17H14N2O3S. The number of thiophene rings is 1. The van der Waals surface area contributed by atoms with Crippen molar-refractivity contribution in [3.8, 4) is 17.2 Å². The number of carboxylic acids is 1. The van der Waals surface area contributed by atoms with Crippen molar-refractivity contribution in [2.24, 2.45) is 11.8 Å². The molecule has 0 spiro atoms. The van der Waals surface area contributed by atoms with Crippen molar-refractivity contribution in [1.29, 1.82) is 5.26 Å². The third kappa shape index (κ3) is 2.96. The Morgan fingerprint density at radius 3 is 2.57 bits per heavy atom. The SMILES string of the molecule is Cc1ccc(-c2csc(NC(=O)C3CC3C(=O)O)c2C#N)cc1. The molecule has 1 aliphatic carbocycles. The van der Waals surface area contributed by atoms with E-state index in [1.54, 1.807) is 0 Å². The number of aliphatic carboxylic acids is 1. The summed E-state index contributed by atoms with van der Waals surface area (Å²) in [7, 11) is 0. The maximum atomic E-state index is 12.1. The molecule has 0 aliphatic heterocycles. The summed E-state index contributed by atoms with van der Waals surface area (Å²) in [4.78, 5) is 22.9. The zero-order valence-electron chi connectivity index (χ0n) is 12.4. The first-order valence-electron chi connectivity index (χ1n) is 7.13. The van der Waals surface area contributed by atoms with Crippen LogP contribution in [0.25, 0.3) is 11.1 Å². The van der Waals surface area contributed by atoms with E-state index in [1.807, 2.05) is 36.6 Å². The monoisotopic (exact) mass is 326 g/mol. The maximum Gasteiger partial charge on any atom is 0.307 e. The first kappa shape index (κ1) is 15.3. The summed E-state index contributed by atoms with van der Waals surface area (Å²) < 4.78 is 0. The van der Waals surface area contributed by atoms with E-state index in [0.29, 0.717) is 17.0 Å². The highest BCUT2D eigenvalue weighted by molar-refractivity contribution is 7.15. The van der Waals surface area contributed by atoms with Gasteiger partial charge in [0.1, 0.15) is 11.1 Å². The highest BCUT2D eigenvalue weighted by Gasteiger charge is 2.48. The van der Waals surface area contributed by atoms with Gasteiger partial charge in [-0.15, -0.1) is 11.3 Å². The molecular weight excluding hydrogens is 312 g/mol. The van der Waals surface area contributed by atoms with Gasteiger partial charge in [0.25, 0.3) is 0 Å². The molecule has 0 bridgehead atoms. The average Bonchev–Trinajstić information content (AvgIpc) is 3.24. The van der Waals surface area contributed by atoms with Gasteiger partial charge in [-0.3, -0.25) is 9.59 Å². The number of amides is 1. The predicted molar refractivity (Wildman–Crippen MR) is 87.1 cm³/mol. The third-order valence-electron chi connectivity index (χ3n) is 3.95. The van der Waals surface area contributed by atoms with Crippen LogP contribution in [0.2, 0.25) is 0 Å². The second-order valence-corrected chi connectivity index (χ2v) is 6.49. The van der Waals surface area contributed by atoms with Crippen LogP contribution in [0.5, 0.6) is 0 Å². The number of nitriles is 1. The number of carbonyl (C=O) groups is 2. The minimum Gasteiger partial charge on any atom is -0.481 e. The van der Waals surface area contributed by atoms with Gasteiger partial charge in [-0.25, -0.2) is 0 Å². The van der Waals surface area contributed by atoms with Crippen molar-refractivity contribution in [2.75, 3.05) is 5.32 Å². The Hall–Kier alpha value is -2.65. The van der Waals surface area contributed by atoms with Crippen molar-refractivity contribution in [3.63, 3.8) is 0 Å². The Labute approximate surface area is 137 Å². The van der Waals surface area contributed by atoms with Crippen molar-refractivity contribution >= 4 is 28.2 Å². The number of rotatable bonds is 4. The quantitative estimate of drug-likeness (QED) is 0.902. The summed E-state index contributed by atoms with van der Waals surface area (Å²) in [5.74, 6) is -2.37. The zero-order valence-corrected chi connectivity index (χ0v) is 13.2. The zero-order chi connectivity index (χ0) is 16.6. The highest BCUT2D eigenvalue weighted by atomic mass is 32.1.